The summed E-state index contributed by atoms with van der Waals surface area (Å²) in [6, 6.07) is 14.6. The minimum absolute atomic E-state index is 0.0710. The molecular formula is C22H22ClN3O3S. The molecule has 1 aromatic heterocycles. The van der Waals surface area contributed by atoms with E-state index in [0.717, 1.165) is 24.8 Å². The minimum Gasteiger partial charge on any atom is -0.420 e. The van der Waals surface area contributed by atoms with Gasteiger partial charge in [-0.2, -0.15) is 4.31 Å². The molecule has 0 amide bonds. The molecule has 2 heterocycles. The molecule has 1 spiro atoms. The Hall–Kier alpha value is -2.22. The first-order valence-electron chi connectivity index (χ1n) is 10.0. The van der Waals surface area contributed by atoms with Gasteiger partial charge >= 0.3 is 0 Å². The first-order chi connectivity index (χ1) is 14.4. The molecule has 1 saturated heterocycles. The molecule has 0 unspecified atom stereocenters. The van der Waals surface area contributed by atoms with Gasteiger partial charge in [-0.3, -0.25) is 0 Å². The van der Waals surface area contributed by atoms with E-state index in [1.807, 2.05) is 30.3 Å². The Kier molecular flexibility index (Phi) is 4.72. The summed E-state index contributed by atoms with van der Waals surface area (Å²) in [5, 5.41) is 9.02. The molecule has 1 aliphatic carbocycles. The molecule has 156 valence electrons. The Morgan fingerprint density at radius 2 is 1.83 bits per heavy atom. The van der Waals surface area contributed by atoms with Gasteiger partial charge < -0.3 is 4.42 Å². The summed E-state index contributed by atoms with van der Waals surface area (Å²) in [6.45, 7) is 2.78. The van der Waals surface area contributed by atoms with E-state index in [9.17, 15) is 8.42 Å². The number of hydrogen-bond donors (Lipinski definition) is 0. The van der Waals surface area contributed by atoms with Crippen molar-refractivity contribution in [1.29, 1.82) is 0 Å². The van der Waals surface area contributed by atoms with Gasteiger partial charge in [0.1, 0.15) is 0 Å². The van der Waals surface area contributed by atoms with E-state index < -0.39 is 10.0 Å². The Labute approximate surface area is 180 Å². The van der Waals surface area contributed by atoms with Crippen LogP contribution >= 0.6 is 11.6 Å². The zero-order valence-corrected chi connectivity index (χ0v) is 18.2. The number of nitrogens with zero attached hydrogens (tertiary/aromatic N) is 3. The van der Waals surface area contributed by atoms with E-state index in [-0.39, 0.29) is 11.3 Å². The highest BCUT2D eigenvalue weighted by Gasteiger charge is 2.59. The van der Waals surface area contributed by atoms with Crippen LogP contribution in [0.3, 0.4) is 0 Å². The molecule has 1 atom stereocenters. The molecule has 5 rings (SSSR count). The maximum atomic E-state index is 13.1. The van der Waals surface area contributed by atoms with Crippen LogP contribution in [0.15, 0.2) is 57.8 Å². The van der Waals surface area contributed by atoms with Crippen molar-refractivity contribution in [1.82, 2.24) is 14.5 Å². The number of aromatic nitrogens is 2. The summed E-state index contributed by atoms with van der Waals surface area (Å²) >= 11 is 5.99. The number of hydrogen-bond acceptors (Lipinski definition) is 5. The largest absolute Gasteiger partial charge is 0.420 e. The summed E-state index contributed by atoms with van der Waals surface area (Å²) in [4.78, 5) is 0.333. The molecule has 8 heteroatoms. The SMILES string of the molecule is Cc1cc(Cl)ccc1S(=O)(=O)N1CCC2(CC1)C[C@H]2c1nnc(-c2ccccc2)o1. The van der Waals surface area contributed by atoms with Crippen LogP contribution in [0.2, 0.25) is 5.02 Å². The van der Waals surface area contributed by atoms with Crippen molar-refractivity contribution in [2.75, 3.05) is 13.1 Å². The third kappa shape index (κ3) is 3.35. The van der Waals surface area contributed by atoms with Crippen LogP contribution in [0.5, 0.6) is 0 Å². The standard InChI is InChI=1S/C22H22ClN3O3S/c1-15-13-17(23)7-8-19(15)30(27,28)26-11-9-22(10-12-26)14-18(22)21-25-24-20(29-21)16-5-3-2-4-6-16/h2-8,13,18H,9-12,14H2,1H3/t18-/m0/s1. The lowest BCUT2D eigenvalue weighted by atomic mass is 9.92. The van der Waals surface area contributed by atoms with Gasteiger partial charge in [-0.1, -0.05) is 29.8 Å². The second-order valence-corrected chi connectivity index (χ2v) is 10.6. The van der Waals surface area contributed by atoms with Gasteiger partial charge in [0.15, 0.2) is 0 Å². The molecular weight excluding hydrogens is 422 g/mol. The highest BCUT2D eigenvalue weighted by molar-refractivity contribution is 7.89. The van der Waals surface area contributed by atoms with Gasteiger partial charge in [0.05, 0.1) is 4.90 Å². The summed E-state index contributed by atoms with van der Waals surface area (Å²) in [6.07, 6.45) is 2.57. The average Bonchev–Trinajstić information content (AvgIpc) is 3.20. The van der Waals surface area contributed by atoms with Crippen LogP contribution in [0.1, 0.15) is 36.6 Å². The maximum absolute atomic E-state index is 13.1. The number of halogens is 1. The van der Waals surface area contributed by atoms with Gasteiger partial charge in [-0.05, 0) is 67.5 Å². The molecule has 6 nitrogen and oxygen atoms in total. The molecule has 2 aromatic carbocycles. The quantitative estimate of drug-likeness (QED) is 0.586. The van der Waals surface area contributed by atoms with E-state index in [1.54, 1.807) is 29.4 Å². The van der Waals surface area contributed by atoms with Gasteiger partial charge in [-0.25, -0.2) is 8.42 Å². The van der Waals surface area contributed by atoms with Crippen molar-refractivity contribution in [2.45, 2.75) is 37.0 Å². The highest BCUT2D eigenvalue weighted by atomic mass is 35.5. The van der Waals surface area contributed by atoms with Crippen molar-refractivity contribution in [3.8, 4) is 11.5 Å². The van der Waals surface area contributed by atoms with E-state index >= 15 is 0 Å². The predicted octanol–water partition coefficient (Wildman–Crippen LogP) is 4.66. The van der Waals surface area contributed by atoms with E-state index in [0.29, 0.717) is 40.4 Å². The first kappa shape index (κ1) is 19.7. The molecule has 2 fully saturated rings. The fraction of sp³-hybridized carbons (Fsp3) is 0.364. The van der Waals surface area contributed by atoms with Crippen LogP contribution in [-0.4, -0.2) is 36.0 Å². The van der Waals surface area contributed by atoms with E-state index in [1.165, 1.54) is 0 Å². The number of rotatable bonds is 4. The second kappa shape index (κ2) is 7.18. The minimum atomic E-state index is -3.52. The zero-order chi connectivity index (χ0) is 20.9. The fourth-order valence-electron chi connectivity index (χ4n) is 4.54. The number of sulfonamides is 1. The van der Waals surface area contributed by atoms with Gasteiger partial charge in [0, 0.05) is 29.6 Å². The van der Waals surface area contributed by atoms with E-state index in [4.69, 9.17) is 16.0 Å². The maximum Gasteiger partial charge on any atom is 0.247 e. The smallest absolute Gasteiger partial charge is 0.247 e. The Bertz CT molecular complexity index is 1190. The second-order valence-electron chi connectivity index (χ2n) is 8.24. The summed E-state index contributed by atoms with van der Waals surface area (Å²) < 4.78 is 33.7. The zero-order valence-electron chi connectivity index (χ0n) is 16.6. The topological polar surface area (TPSA) is 76.3 Å². The Morgan fingerprint density at radius 1 is 1.10 bits per heavy atom. The summed E-state index contributed by atoms with van der Waals surface area (Å²) in [5.41, 5.74) is 1.65. The van der Waals surface area contributed by atoms with Gasteiger partial charge in [0.25, 0.3) is 0 Å². The number of benzene rings is 2. The lowest BCUT2D eigenvalue weighted by Crippen LogP contribution is -2.39. The fourth-order valence-corrected chi connectivity index (χ4v) is 6.41. The molecule has 0 radical (unpaired) electrons. The van der Waals surface area contributed by atoms with Crippen LogP contribution in [0.4, 0.5) is 0 Å². The third-order valence-corrected chi connectivity index (χ3v) is 8.72. The summed E-state index contributed by atoms with van der Waals surface area (Å²) in [7, 11) is -3.52. The Morgan fingerprint density at radius 3 is 2.53 bits per heavy atom. The Balaban J connectivity index is 1.28. The highest BCUT2D eigenvalue weighted by Crippen LogP contribution is 2.64. The van der Waals surface area contributed by atoms with Crippen LogP contribution < -0.4 is 0 Å². The molecule has 1 saturated carbocycles. The van der Waals surface area contributed by atoms with Crippen molar-refractivity contribution in [3.05, 3.63) is 65.0 Å². The van der Waals surface area contributed by atoms with Crippen LogP contribution in [-0.2, 0) is 10.0 Å². The molecule has 30 heavy (non-hydrogen) atoms. The molecule has 0 bridgehead atoms. The third-order valence-electron chi connectivity index (χ3n) is 6.42. The summed E-state index contributed by atoms with van der Waals surface area (Å²) in [5.74, 6) is 1.41. The van der Waals surface area contributed by atoms with Crippen molar-refractivity contribution in [3.63, 3.8) is 0 Å². The van der Waals surface area contributed by atoms with Crippen LogP contribution in [0.25, 0.3) is 11.5 Å². The number of piperidine rings is 1. The lowest BCUT2D eigenvalue weighted by Gasteiger charge is -2.32. The van der Waals surface area contributed by atoms with Crippen LogP contribution in [0, 0.1) is 12.3 Å². The average molecular weight is 444 g/mol. The molecule has 0 N–H and O–H groups in total. The van der Waals surface area contributed by atoms with Crippen molar-refractivity contribution >= 4 is 21.6 Å². The lowest BCUT2D eigenvalue weighted by molar-refractivity contribution is 0.246. The number of aryl methyl sites for hydroxylation is 1. The predicted molar refractivity (Wildman–Crippen MR) is 114 cm³/mol. The normalized spacial score (nSPS) is 21.1. The molecule has 2 aliphatic rings. The molecule has 1 aliphatic heterocycles. The van der Waals surface area contributed by atoms with Gasteiger partial charge in [0.2, 0.25) is 21.8 Å². The first-order valence-corrected chi connectivity index (χ1v) is 11.9. The van der Waals surface area contributed by atoms with E-state index in [2.05, 4.69) is 10.2 Å². The molecule has 3 aromatic rings. The van der Waals surface area contributed by atoms with Gasteiger partial charge in [-0.15, -0.1) is 10.2 Å². The van der Waals surface area contributed by atoms with Crippen molar-refractivity contribution < 1.29 is 12.8 Å². The van der Waals surface area contributed by atoms with Crippen molar-refractivity contribution in [2.24, 2.45) is 5.41 Å². The monoisotopic (exact) mass is 443 g/mol.